The van der Waals surface area contributed by atoms with E-state index in [1.165, 1.54) is 0 Å². The van der Waals surface area contributed by atoms with Crippen molar-refractivity contribution in [2.24, 2.45) is 4.99 Å². The molecule has 3 heterocycles. The van der Waals surface area contributed by atoms with Gasteiger partial charge in [0.25, 0.3) is 0 Å². The number of hydrogen-bond donors (Lipinski definition) is 1. The predicted octanol–water partition coefficient (Wildman–Crippen LogP) is 2.09. The zero-order valence-electron chi connectivity index (χ0n) is 18.2. The maximum absolute atomic E-state index is 5.18. The molecule has 10 heteroatoms. The summed E-state index contributed by atoms with van der Waals surface area (Å²) in [6.45, 7) is 16.8. The van der Waals surface area contributed by atoms with Gasteiger partial charge < -0.3 is 19.3 Å². The number of aryl methyl sites for hydroxylation is 2. The van der Waals surface area contributed by atoms with Gasteiger partial charge >= 0.3 is 0 Å². The van der Waals surface area contributed by atoms with E-state index in [1.54, 1.807) is 6.33 Å². The first-order valence-corrected chi connectivity index (χ1v) is 10.2. The predicted molar refractivity (Wildman–Crippen MR) is 128 cm³/mol. The lowest BCUT2D eigenvalue weighted by molar-refractivity contribution is 0.169. The molecule has 0 aliphatic carbocycles. The Morgan fingerprint density at radius 1 is 1.30 bits per heavy atom. The van der Waals surface area contributed by atoms with Crippen molar-refractivity contribution >= 4 is 29.9 Å². The van der Waals surface area contributed by atoms with Crippen molar-refractivity contribution in [2.45, 2.75) is 40.3 Å². The third-order valence-electron chi connectivity index (χ3n) is 4.88. The van der Waals surface area contributed by atoms with Gasteiger partial charge in [-0.1, -0.05) is 24.2 Å². The summed E-state index contributed by atoms with van der Waals surface area (Å²) >= 11 is 0. The van der Waals surface area contributed by atoms with Crippen LogP contribution in [0.5, 0.6) is 0 Å². The molecule has 2 aromatic rings. The third-order valence-corrected chi connectivity index (χ3v) is 4.88. The molecular formula is C20H33IN8O. The summed E-state index contributed by atoms with van der Waals surface area (Å²) in [6.07, 6.45) is 2.67. The van der Waals surface area contributed by atoms with Crippen molar-refractivity contribution in [1.82, 2.24) is 35.0 Å². The van der Waals surface area contributed by atoms with E-state index < -0.39 is 0 Å². The topological polar surface area (TPSA) is 87.6 Å². The molecule has 0 radical (unpaired) electrons. The molecule has 0 bridgehead atoms. The van der Waals surface area contributed by atoms with Crippen molar-refractivity contribution < 1.29 is 4.52 Å². The van der Waals surface area contributed by atoms with Crippen LogP contribution >= 0.6 is 24.0 Å². The molecule has 9 nitrogen and oxygen atoms in total. The van der Waals surface area contributed by atoms with E-state index in [0.29, 0.717) is 6.54 Å². The zero-order valence-corrected chi connectivity index (χ0v) is 20.5. The normalized spacial score (nSPS) is 15.2. The summed E-state index contributed by atoms with van der Waals surface area (Å²) in [7, 11) is 0. The Morgan fingerprint density at radius 2 is 2.07 bits per heavy atom. The number of aliphatic imine (C=N–C) groups is 1. The molecule has 0 unspecified atom stereocenters. The Bertz CT molecular complexity index is 822. The van der Waals surface area contributed by atoms with Crippen LogP contribution in [0.4, 0.5) is 0 Å². The summed E-state index contributed by atoms with van der Waals surface area (Å²) in [4.78, 5) is 9.48. The molecule has 3 rings (SSSR count). The molecule has 0 saturated carbocycles. The number of nitrogens with zero attached hydrogens (tertiary/aromatic N) is 7. The molecular weight excluding hydrogens is 495 g/mol. The SMILES string of the molecule is C=C(C)CN=C(NCCn1cnnc1CC)N1CCN(Cc2cc(C)on2)CC1.I. The first kappa shape index (κ1) is 24.3. The van der Waals surface area contributed by atoms with Gasteiger partial charge in [-0.3, -0.25) is 4.90 Å². The highest BCUT2D eigenvalue weighted by molar-refractivity contribution is 14.0. The maximum atomic E-state index is 5.18. The average molecular weight is 528 g/mol. The number of halogens is 1. The lowest BCUT2D eigenvalue weighted by atomic mass is 10.3. The molecule has 30 heavy (non-hydrogen) atoms. The van der Waals surface area contributed by atoms with Gasteiger partial charge in [0.05, 0.1) is 12.2 Å². The first-order chi connectivity index (χ1) is 14.0. The van der Waals surface area contributed by atoms with Gasteiger partial charge in [0.15, 0.2) is 5.96 Å². The standard InChI is InChI=1S/C20H32N8O.HI/c1-5-19-24-23-15-28(19)7-6-21-20(22-13-16(2)3)27-10-8-26(9-11-27)14-18-12-17(4)29-25-18;/h12,15H,2,5-11,13-14H2,1,3-4H3,(H,21,22);1H. The zero-order chi connectivity index (χ0) is 20.6. The van der Waals surface area contributed by atoms with Crippen LogP contribution in [0.3, 0.4) is 0 Å². The minimum absolute atomic E-state index is 0. The first-order valence-electron chi connectivity index (χ1n) is 10.2. The fourth-order valence-corrected chi connectivity index (χ4v) is 3.34. The molecule has 166 valence electrons. The van der Waals surface area contributed by atoms with E-state index in [1.807, 2.05) is 19.9 Å². The molecule has 1 fully saturated rings. The molecule has 1 aliphatic rings. The summed E-state index contributed by atoms with van der Waals surface area (Å²) in [5, 5.41) is 15.8. The third kappa shape index (κ3) is 7.08. The number of nitrogens with one attached hydrogen (secondary N) is 1. The highest BCUT2D eigenvalue weighted by Crippen LogP contribution is 2.09. The van der Waals surface area contributed by atoms with Gasteiger partial charge in [-0.05, 0) is 13.8 Å². The molecule has 1 saturated heterocycles. The minimum atomic E-state index is 0. The molecule has 0 spiro atoms. The minimum Gasteiger partial charge on any atom is -0.361 e. The largest absolute Gasteiger partial charge is 0.361 e. The second-order valence-corrected chi connectivity index (χ2v) is 7.51. The fourth-order valence-electron chi connectivity index (χ4n) is 3.34. The van der Waals surface area contributed by atoms with E-state index in [9.17, 15) is 0 Å². The second-order valence-electron chi connectivity index (χ2n) is 7.51. The summed E-state index contributed by atoms with van der Waals surface area (Å²) in [5.41, 5.74) is 2.04. The van der Waals surface area contributed by atoms with Crippen molar-refractivity contribution in [1.29, 1.82) is 0 Å². The average Bonchev–Trinajstić information content (AvgIpc) is 3.33. The van der Waals surface area contributed by atoms with Gasteiger partial charge in [0.1, 0.15) is 17.9 Å². The quantitative estimate of drug-likeness (QED) is 0.243. The Balaban J connectivity index is 0.00000320. The summed E-state index contributed by atoms with van der Waals surface area (Å²) in [5.74, 6) is 2.80. The van der Waals surface area contributed by atoms with Crippen LogP contribution in [-0.2, 0) is 19.5 Å². The van der Waals surface area contributed by atoms with E-state index >= 15 is 0 Å². The highest BCUT2D eigenvalue weighted by Gasteiger charge is 2.20. The molecule has 1 N–H and O–H groups in total. The molecule has 1 aliphatic heterocycles. The van der Waals surface area contributed by atoms with Crippen LogP contribution in [0.25, 0.3) is 0 Å². The van der Waals surface area contributed by atoms with E-state index in [4.69, 9.17) is 9.52 Å². The Labute approximate surface area is 195 Å². The number of aromatic nitrogens is 4. The number of guanidine groups is 1. The van der Waals surface area contributed by atoms with Crippen LogP contribution < -0.4 is 5.32 Å². The van der Waals surface area contributed by atoms with E-state index in [-0.39, 0.29) is 24.0 Å². The number of piperazine rings is 1. The fraction of sp³-hybridized carbons (Fsp3) is 0.600. The van der Waals surface area contributed by atoms with Crippen LogP contribution in [0.2, 0.25) is 0 Å². The Kier molecular flexibility index (Phi) is 9.76. The van der Waals surface area contributed by atoms with Gasteiger partial charge in [-0.25, -0.2) is 4.99 Å². The summed E-state index contributed by atoms with van der Waals surface area (Å²) < 4.78 is 7.26. The summed E-state index contributed by atoms with van der Waals surface area (Å²) in [6, 6.07) is 2.00. The second kappa shape index (κ2) is 12.0. The van der Waals surface area contributed by atoms with Gasteiger partial charge in [0, 0.05) is 58.3 Å². The van der Waals surface area contributed by atoms with Crippen molar-refractivity contribution in [3.63, 3.8) is 0 Å². The van der Waals surface area contributed by atoms with Crippen molar-refractivity contribution in [2.75, 3.05) is 39.3 Å². The van der Waals surface area contributed by atoms with Gasteiger partial charge in [-0.15, -0.1) is 34.2 Å². The molecule has 0 aromatic carbocycles. The number of rotatable bonds is 8. The van der Waals surface area contributed by atoms with E-state index in [2.05, 4.69) is 48.5 Å². The molecule has 2 aromatic heterocycles. The van der Waals surface area contributed by atoms with Crippen LogP contribution in [0.15, 0.2) is 34.1 Å². The lowest BCUT2D eigenvalue weighted by Crippen LogP contribution is -2.52. The van der Waals surface area contributed by atoms with Gasteiger partial charge in [0.2, 0.25) is 0 Å². The number of hydrogen-bond acceptors (Lipinski definition) is 6. The highest BCUT2D eigenvalue weighted by atomic mass is 127. The molecule has 0 atom stereocenters. The van der Waals surface area contributed by atoms with Crippen molar-refractivity contribution in [3.05, 3.63) is 41.8 Å². The Morgan fingerprint density at radius 3 is 2.70 bits per heavy atom. The smallest absolute Gasteiger partial charge is 0.194 e. The maximum Gasteiger partial charge on any atom is 0.194 e. The van der Waals surface area contributed by atoms with Crippen molar-refractivity contribution in [3.8, 4) is 0 Å². The Hall–Kier alpha value is -1.95. The van der Waals surface area contributed by atoms with Gasteiger partial charge in [-0.2, -0.15) is 0 Å². The molecule has 0 amide bonds. The lowest BCUT2D eigenvalue weighted by Gasteiger charge is -2.36. The van der Waals surface area contributed by atoms with E-state index in [0.717, 1.165) is 81.0 Å². The monoisotopic (exact) mass is 528 g/mol. The van der Waals surface area contributed by atoms with Crippen LogP contribution in [0, 0.1) is 6.92 Å². The van der Waals surface area contributed by atoms with Crippen LogP contribution in [0.1, 0.15) is 31.1 Å². The van der Waals surface area contributed by atoms with Crippen LogP contribution in [-0.4, -0.2) is 74.9 Å².